The zero-order valence-electron chi connectivity index (χ0n) is 6.66. The maximum absolute atomic E-state index is 5.05. The highest BCUT2D eigenvalue weighted by Crippen LogP contribution is 2.26. The van der Waals surface area contributed by atoms with Gasteiger partial charge < -0.3 is 4.90 Å². The maximum atomic E-state index is 5.05. The van der Waals surface area contributed by atoms with Gasteiger partial charge in [-0.25, -0.2) is 0 Å². The second kappa shape index (κ2) is 4.18. The lowest BCUT2D eigenvalue weighted by atomic mass is 10.5. The van der Waals surface area contributed by atoms with Crippen LogP contribution in [0.2, 0.25) is 0 Å². The highest BCUT2D eigenvalue weighted by molar-refractivity contribution is 7.80. The molecule has 0 saturated heterocycles. The predicted molar refractivity (Wildman–Crippen MR) is 56.6 cm³/mol. The van der Waals surface area contributed by atoms with Gasteiger partial charge in [0.25, 0.3) is 0 Å². The Hall–Kier alpha value is 0.0700. The largest absolute Gasteiger partial charge is 0.363 e. The van der Waals surface area contributed by atoms with Crippen molar-refractivity contribution in [2.24, 2.45) is 0 Å². The first-order chi connectivity index (χ1) is 5.27. The van der Waals surface area contributed by atoms with Crippen LogP contribution in [0.25, 0.3) is 0 Å². The van der Waals surface area contributed by atoms with Gasteiger partial charge in [0, 0.05) is 19.2 Å². The van der Waals surface area contributed by atoms with E-state index in [0.717, 1.165) is 16.9 Å². The molecule has 0 radical (unpaired) electrons. The SMILES string of the molecule is CCN(CC)c1cc(=S)ss1. The lowest BCUT2D eigenvalue weighted by Crippen LogP contribution is -2.20. The second-order valence-electron chi connectivity index (χ2n) is 2.14. The van der Waals surface area contributed by atoms with Gasteiger partial charge in [-0.05, 0) is 13.8 Å². The number of nitrogens with zero attached hydrogens (tertiary/aromatic N) is 1. The van der Waals surface area contributed by atoms with Gasteiger partial charge in [-0.2, -0.15) is 0 Å². The molecular formula is C7H11NS3. The first-order valence-corrected chi connectivity index (χ1v) is 6.18. The summed E-state index contributed by atoms with van der Waals surface area (Å²) < 4.78 is 0.997. The van der Waals surface area contributed by atoms with Gasteiger partial charge in [0.2, 0.25) is 0 Å². The summed E-state index contributed by atoms with van der Waals surface area (Å²) in [5, 5.41) is 1.31. The van der Waals surface area contributed by atoms with Crippen LogP contribution in [0.1, 0.15) is 13.8 Å². The summed E-state index contributed by atoms with van der Waals surface area (Å²) in [6, 6.07) is 2.08. The molecule has 0 amide bonds. The first-order valence-electron chi connectivity index (χ1n) is 3.63. The van der Waals surface area contributed by atoms with Gasteiger partial charge >= 0.3 is 0 Å². The summed E-state index contributed by atoms with van der Waals surface area (Å²) in [7, 11) is 3.45. The predicted octanol–water partition coefficient (Wildman–Crippen LogP) is 3.39. The number of rotatable bonds is 3. The molecule has 0 aliphatic rings. The van der Waals surface area contributed by atoms with Crippen LogP contribution in [0, 0.1) is 3.82 Å². The Bertz CT molecular complexity index is 259. The zero-order chi connectivity index (χ0) is 8.27. The Morgan fingerprint density at radius 2 is 2.00 bits per heavy atom. The van der Waals surface area contributed by atoms with Crippen LogP contribution in [0.15, 0.2) is 6.07 Å². The standard InChI is InChI=1S/C7H11NS3/c1-3-8(4-2)6-5-7(9)11-10-6/h5H,3-4H2,1-2H3. The Morgan fingerprint density at radius 3 is 2.36 bits per heavy atom. The topological polar surface area (TPSA) is 3.24 Å². The quantitative estimate of drug-likeness (QED) is 0.550. The van der Waals surface area contributed by atoms with E-state index in [-0.39, 0.29) is 0 Å². The third-order valence-corrected chi connectivity index (χ3v) is 4.42. The summed E-state index contributed by atoms with van der Waals surface area (Å²) in [5.41, 5.74) is 0. The third kappa shape index (κ3) is 2.25. The molecule has 0 aliphatic carbocycles. The number of hydrogen-bond acceptors (Lipinski definition) is 4. The van der Waals surface area contributed by atoms with Crippen molar-refractivity contribution in [2.75, 3.05) is 18.0 Å². The Kier molecular flexibility index (Phi) is 3.48. The Morgan fingerprint density at radius 1 is 1.36 bits per heavy atom. The third-order valence-electron chi connectivity index (χ3n) is 1.53. The average Bonchev–Trinajstić information content (AvgIpc) is 2.39. The molecular weight excluding hydrogens is 194 g/mol. The van der Waals surface area contributed by atoms with Crippen molar-refractivity contribution in [3.63, 3.8) is 0 Å². The smallest absolute Gasteiger partial charge is 0.104 e. The van der Waals surface area contributed by atoms with Gasteiger partial charge in [0.15, 0.2) is 0 Å². The van der Waals surface area contributed by atoms with Gasteiger partial charge in [-0.1, -0.05) is 32.9 Å². The minimum Gasteiger partial charge on any atom is -0.363 e. The van der Waals surface area contributed by atoms with E-state index in [0.29, 0.717) is 0 Å². The monoisotopic (exact) mass is 205 g/mol. The van der Waals surface area contributed by atoms with E-state index in [2.05, 4.69) is 24.8 Å². The fraction of sp³-hybridized carbons (Fsp3) is 0.571. The van der Waals surface area contributed by atoms with Crippen LogP contribution in [0.4, 0.5) is 5.00 Å². The second-order valence-corrected chi connectivity index (χ2v) is 5.03. The van der Waals surface area contributed by atoms with Crippen LogP contribution < -0.4 is 4.90 Å². The lowest BCUT2D eigenvalue weighted by molar-refractivity contribution is 0.876. The summed E-state index contributed by atoms with van der Waals surface area (Å²) in [6.45, 7) is 6.46. The van der Waals surface area contributed by atoms with Crippen molar-refractivity contribution in [1.29, 1.82) is 0 Å². The van der Waals surface area contributed by atoms with Crippen molar-refractivity contribution in [3.8, 4) is 0 Å². The minimum absolute atomic E-state index is 0.997. The number of hydrogen-bond donors (Lipinski definition) is 0. The van der Waals surface area contributed by atoms with E-state index in [9.17, 15) is 0 Å². The molecule has 0 saturated carbocycles. The van der Waals surface area contributed by atoms with Crippen molar-refractivity contribution in [3.05, 3.63) is 9.89 Å². The minimum atomic E-state index is 0.997. The van der Waals surface area contributed by atoms with E-state index >= 15 is 0 Å². The molecule has 1 aromatic rings. The Labute approximate surface area is 79.7 Å². The molecule has 0 unspecified atom stereocenters. The van der Waals surface area contributed by atoms with E-state index in [1.807, 2.05) is 0 Å². The van der Waals surface area contributed by atoms with Gasteiger partial charge in [-0.3, -0.25) is 0 Å². The summed E-state index contributed by atoms with van der Waals surface area (Å²) >= 11 is 5.05. The highest BCUT2D eigenvalue weighted by Gasteiger charge is 2.02. The van der Waals surface area contributed by atoms with E-state index in [1.54, 1.807) is 20.7 Å². The lowest BCUT2D eigenvalue weighted by Gasteiger charge is -2.17. The van der Waals surface area contributed by atoms with Crippen molar-refractivity contribution in [2.45, 2.75) is 13.8 Å². The van der Waals surface area contributed by atoms with Crippen LogP contribution in [-0.2, 0) is 0 Å². The molecule has 0 atom stereocenters. The van der Waals surface area contributed by atoms with Crippen LogP contribution in [0.3, 0.4) is 0 Å². The Balaban J connectivity index is 2.81. The fourth-order valence-electron chi connectivity index (χ4n) is 0.912. The van der Waals surface area contributed by atoms with Gasteiger partial charge in [0.1, 0.15) is 8.82 Å². The van der Waals surface area contributed by atoms with Gasteiger partial charge in [-0.15, -0.1) is 0 Å². The van der Waals surface area contributed by atoms with Crippen molar-refractivity contribution in [1.82, 2.24) is 0 Å². The normalized spacial score (nSPS) is 10.0. The van der Waals surface area contributed by atoms with Crippen LogP contribution in [-0.4, -0.2) is 13.1 Å². The fourth-order valence-corrected chi connectivity index (χ4v) is 3.44. The molecule has 0 fully saturated rings. The summed E-state index contributed by atoms with van der Waals surface area (Å²) in [4.78, 5) is 2.32. The molecule has 1 aromatic heterocycles. The van der Waals surface area contributed by atoms with E-state index in [1.165, 1.54) is 5.00 Å². The molecule has 4 heteroatoms. The zero-order valence-corrected chi connectivity index (χ0v) is 9.11. The van der Waals surface area contributed by atoms with Crippen LogP contribution in [0.5, 0.6) is 0 Å². The van der Waals surface area contributed by atoms with Crippen LogP contribution >= 0.6 is 32.9 Å². The molecule has 1 rings (SSSR count). The summed E-state index contributed by atoms with van der Waals surface area (Å²) in [5.74, 6) is 0. The molecule has 0 aromatic carbocycles. The molecule has 0 N–H and O–H groups in total. The van der Waals surface area contributed by atoms with E-state index < -0.39 is 0 Å². The van der Waals surface area contributed by atoms with Gasteiger partial charge in [0.05, 0.1) is 0 Å². The van der Waals surface area contributed by atoms with E-state index in [4.69, 9.17) is 12.2 Å². The first kappa shape index (κ1) is 9.16. The molecule has 0 aliphatic heterocycles. The molecule has 62 valence electrons. The molecule has 11 heavy (non-hydrogen) atoms. The molecule has 1 heterocycles. The van der Waals surface area contributed by atoms with Crippen molar-refractivity contribution >= 4 is 37.9 Å². The maximum Gasteiger partial charge on any atom is 0.104 e. The highest BCUT2D eigenvalue weighted by atomic mass is 32.9. The molecule has 0 spiro atoms. The van der Waals surface area contributed by atoms with Crippen molar-refractivity contribution < 1.29 is 0 Å². The number of anilines is 1. The molecule has 1 nitrogen and oxygen atoms in total. The summed E-state index contributed by atoms with van der Waals surface area (Å²) in [6.07, 6.45) is 0. The molecule has 0 bridgehead atoms. The average molecular weight is 205 g/mol.